The SMILES string of the molecule is NCCCCC(N)S(=O)(=O)[O-].[Li+]. The maximum atomic E-state index is 10.2. The second-order valence-corrected chi connectivity index (χ2v) is 3.91. The van der Waals surface area contributed by atoms with Crippen molar-refractivity contribution in [2.75, 3.05) is 6.54 Å². The molecule has 0 amide bonds. The largest absolute Gasteiger partial charge is 1.00 e. The van der Waals surface area contributed by atoms with Gasteiger partial charge in [-0.15, -0.1) is 0 Å². The van der Waals surface area contributed by atoms with Crippen LogP contribution in [0.2, 0.25) is 0 Å². The molecule has 0 radical (unpaired) electrons. The van der Waals surface area contributed by atoms with Gasteiger partial charge in [0, 0.05) is 0 Å². The number of nitrogens with two attached hydrogens (primary N) is 2. The summed E-state index contributed by atoms with van der Waals surface area (Å²) in [5.41, 5.74) is 10.2. The van der Waals surface area contributed by atoms with Crippen LogP contribution in [0.1, 0.15) is 19.3 Å². The minimum Gasteiger partial charge on any atom is -0.747 e. The first kappa shape index (κ1) is 14.9. The first-order valence-corrected chi connectivity index (χ1v) is 4.86. The van der Waals surface area contributed by atoms with Crippen LogP contribution in [0.25, 0.3) is 0 Å². The molecule has 0 aliphatic carbocycles. The summed E-state index contributed by atoms with van der Waals surface area (Å²) in [5.74, 6) is 0. The van der Waals surface area contributed by atoms with Gasteiger partial charge in [-0.3, -0.25) is 0 Å². The van der Waals surface area contributed by atoms with Crippen LogP contribution in [0.15, 0.2) is 0 Å². The number of unbranched alkanes of at least 4 members (excludes halogenated alkanes) is 1. The second kappa shape index (κ2) is 6.89. The Kier molecular flexibility index (Phi) is 8.57. The van der Waals surface area contributed by atoms with Crippen molar-refractivity contribution in [2.24, 2.45) is 11.5 Å². The maximum Gasteiger partial charge on any atom is 1.00 e. The smallest absolute Gasteiger partial charge is 0.747 e. The molecule has 12 heavy (non-hydrogen) atoms. The van der Waals surface area contributed by atoms with Gasteiger partial charge >= 0.3 is 18.9 Å². The quantitative estimate of drug-likeness (QED) is 0.259. The molecule has 0 aromatic carbocycles. The van der Waals surface area contributed by atoms with Crippen molar-refractivity contribution >= 4 is 10.1 Å². The predicted molar refractivity (Wildman–Crippen MR) is 40.6 cm³/mol. The molecule has 0 aliphatic rings. The van der Waals surface area contributed by atoms with Crippen molar-refractivity contribution in [3.8, 4) is 0 Å². The molecular formula is C5H13LiN2O3S. The van der Waals surface area contributed by atoms with Crippen LogP contribution in [0.4, 0.5) is 0 Å². The number of hydrogen-bond acceptors (Lipinski definition) is 5. The van der Waals surface area contributed by atoms with Gasteiger partial charge in [0.1, 0.15) is 10.1 Å². The molecule has 7 heteroatoms. The molecular weight excluding hydrogens is 175 g/mol. The Morgan fingerprint density at radius 2 is 1.83 bits per heavy atom. The van der Waals surface area contributed by atoms with Crippen LogP contribution in [-0.4, -0.2) is 24.9 Å². The third-order valence-electron chi connectivity index (χ3n) is 1.31. The van der Waals surface area contributed by atoms with Gasteiger partial charge in [-0.25, -0.2) is 8.42 Å². The summed E-state index contributed by atoms with van der Waals surface area (Å²) in [6, 6.07) is 0. The van der Waals surface area contributed by atoms with Crippen molar-refractivity contribution < 1.29 is 31.8 Å². The van der Waals surface area contributed by atoms with Crippen LogP contribution in [0.5, 0.6) is 0 Å². The van der Waals surface area contributed by atoms with Gasteiger partial charge in [0.15, 0.2) is 0 Å². The van der Waals surface area contributed by atoms with Crippen molar-refractivity contribution in [1.29, 1.82) is 0 Å². The molecule has 0 heterocycles. The van der Waals surface area contributed by atoms with Gasteiger partial charge in [-0.2, -0.15) is 0 Å². The van der Waals surface area contributed by atoms with E-state index in [1.54, 1.807) is 0 Å². The summed E-state index contributed by atoms with van der Waals surface area (Å²) in [7, 11) is -4.30. The molecule has 0 aromatic rings. The minimum absolute atomic E-state index is 0. The molecule has 1 unspecified atom stereocenters. The zero-order valence-corrected chi connectivity index (χ0v) is 8.01. The van der Waals surface area contributed by atoms with E-state index in [0.717, 1.165) is 0 Å². The molecule has 4 N–H and O–H groups in total. The molecule has 0 spiro atoms. The van der Waals surface area contributed by atoms with E-state index < -0.39 is 15.5 Å². The Hall–Kier alpha value is 0.427. The minimum atomic E-state index is -4.30. The second-order valence-electron chi connectivity index (χ2n) is 2.32. The molecule has 0 saturated carbocycles. The van der Waals surface area contributed by atoms with Crippen LogP contribution < -0.4 is 30.3 Å². The topological polar surface area (TPSA) is 109 Å². The standard InChI is InChI=1S/C5H14N2O3S.Li/c6-4-2-1-3-5(7)11(8,9)10;/h5H,1-4,6-7H2,(H,8,9,10);/q;+1/p-1. The average Bonchev–Trinajstić information content (AvgIpc) is 1.86. The van der Waals surface area contributed by atoms with Gasteiger partial charge in [0.05, 0.1) is 5.37 Å². The summed E-state index contributed by atoms with van der Waals surface area (Å²) in [6.07, 6.45) is 1.48. The van der Waals surface area contributed by atoms with E-state index in [-0.39, 0.29) is 25.3 Å². The van der Waals surface area contributed by atoms with E-state index in [0.29, 0.717) is 19.4 Å². The normalized spacial score (nSPS) is 13.6. The van der Waals surface area contributed by atoms with E-state index >= 15 is 0 Å². The van der Waals surface area contributed by atoms with Crippen molar-refractivity contribution in [2.45, 2.75) is 24.6 Å². The zero-order valence-electron chi connectivity index (χ0n) is 7.19. The fourth-order valence-corrected chi connectivity index (χ4v) is 1.09. The van der Waals surface area contributed by atoms with Crippen LogP contribution in [-0.2, 0) is 10.1 Å². The monoisotopic (exact) mass is 188 g/mol. The fraction of sp³-hybridized carbons (Fsp3) is 1.00. The zero-order chi connectivity index (χ0) is 8.91. The van der Waals surface area contributed by atoms with Crippen molar-refractivity contribution in [3.05, 3.63) is 0 Å². The first-order chi connectivity index (χ1) is 4.98. The Morgan fingerprint density at radius 3 is 2.17 bits per heavy atom. The van der Waals surface area contributed by atoms with E-state index in [2.05, 4.69) is 0 Å². The molecule has 5 nitrogen and oxygen atoms in total. The maximum absolute atomic E-state index is 10.2. The molecule has 0 aliphatic heterocycles. The molecule has 0 bridgehead atoms. The fourth-order valence-electron chi connectivity index (χ4n) is 0.634. The summed E-state index contributed by atoms with van der Waals surface area (Å²) < 4.78 is 30.6. The van der Waals surface area contributed by atoms with Crippen LogP contribution in [0.3, 0.4) is 0 Å². The Balaban J connectivity index is 0. The van der Waals surface area contributed by atoms with E-state index in [4.69, 9.17) is 11.5 Å². The average molecular weight is 188 g/mol. The van der Waals surface area contributed by atoms with Crippen molar-refractivity contribution in [3.63, 3.8) is 0 Å². The molecule has 68 valence electrons. The van der Waals surface area contributed by atoms with Gasteiger partial charge in [-0.05, 0) is 25.8 Å². The van der Waals surface area contributed by atoms with E-state index in [9.17, 15) is 13.0 Å². The first-order valence-electron chi connectivity index (χ1n) is 3.39. The molecule has 0 saturated heterocycles. The predicted octanol–water partition coefficient (Wildman–Crippen LogP) is -4.05. The summed E-state index contributed by atoms with van der Waals surface area (Å²) >= 11 is 0. The van der Waals surface area contributed by atoms with Crippen molar-refractivity contribution in [1.82, 2.24) is 0 Å². The molecule has 0 rings (SSSR count). The molecule has 0 fully saturated rings. The van der Waals surface area contributed by atoms with Crippen LogP contribution in [0, 0.1) is 0 Å². The Bertz CT molecular complexity index is 195. The third kappa shape index (κ3) is 7.10. The summed E-state index contributed by atoms with van der Waals surface area (Å²) in [4.78, 5) is 0. The van der Waals surface area contributed by atoms with Gasteiger partial charge in [-0.1, -0.05) is 0 Å². The Morgan fingerprint density at radius 1 is 1.33 bits per heavy atom. The van der Waals surface area contributed by atoms with E-state index in [1.807, 2.05) is 0 Å². The number of hydrogen-bond donors (Lipinski definition) is 2. The summed E-state index contributed by atoms with van der Waals surface area (Å²) in [6.45, 7) is 0.492. The van der Waals surface area contributed by atoms with Crippen LogP contribution >= 0.6 is 0 Å². The number of rotatable bonds is 5. The molecule has 0 aromatic heterocycles. The molecule has 1 atom stereocenters. The van der Waals surface area contributed by atoms with Gasteiger partial charge in [0.25, 0.3) is 0 Å². The Labute approximate surface area is 84.8 Å². The van der Waals surface area contributed by atoms with Gasteiger partial charge < -0.3 is 16.0 Å². The third-order valence-corrected chi connectivity index (χ3v) is 2.29. The van der Waals surface area contributed by atoms with E-state index in [1.165, 1.54) is 0 Å². The summed E-state index contributed by atoms with van der Waals surface area (Å²) in [5, 5.41) is -1.27. The van der Waals surface area contributed by atoms with Gasteiger partial charge in [0.2, 0.25) is 0 Å².